The maximum Gasteiger partial charge on any atom is 0.138 e. The lowest BCUT2D eigenvalue weighted by molar-refractivity contribution is 0.183. The number of H-pyrrole nitrogens is 1. The highest BCUT2D eigenvalue weighted by atomic mass is 16.5. The summed E-state index contributed by atoms with van der Waals surface area (Å²) in [7, 11) is 3.35. The van der Waals surface area contributed by atoms with Gasteiger partial charge in [0.25, 0.3) is 0 Å². The molecular weight excluding hydrogens is 450 g/mol. The third-order valence-electron chi connectivity index (χ3n) is 6.70. The third-order valence-corrected chi connectivity index (χ3v) is 6.70. The van der Waals surface area contributed by atoms with Crippen molar-refractivity contribution in [2.75, 3.05) is 40.5 Å². The molecule has 0 aliphatic carbocycles. The molecule has 36 heavy (non-hydrogen) atoms. The minimum absolute atomic E-state index is 0.712. The van der Waals surface area contributed by atoms with Gasteiger partial charge in [0.05, 0.1) is 25.6 Å². The molecule has 0 spiro atoms. The van der Waals surface area contributed by atoms with E-state index < -0.39 is 0 Å². The first kappa shape index (κ1) is 23.9. The molecule has 0 unspecified atom stereocenters. The van der Waals surface area contributed by atoms with Gasteiger partial charge in [0.2, 0.25) is 0 Å². The number of imidazole rings is 1. The van der Waals surface area contributed by atoms with Crippen LogP contribution in [0.25, 0.3) is 33.9 Å². The van der Waals surface area contributed by atoms with Crippen LogP contribution in [0.3, 0.4) is 0 Å². The molecule has 186 valence electrons. The lowest BCUT2D eigenvalue weighted by Gasteiger charge is -2.26. The molecule has 2 heterocycles. The Labute approximate surface area is 212 Å². The molecule has 1 aliphatic heterocycles. The number of benzene rings is 3. The summed E-state index contributed by atoms with van der Waals surface area (Å²) in [5.74, 6) is 3.33. The summed E-state index contributed by atoms with van der Waals surface area (Å²) in [6, 6.07) is 24.2. The largest absolute Gasteiger partial charge is 0.497 e. The maximum absolute atomic E-state index is 6.01. The molecule has 1 fully saturated rings. The van der Waals surface area contributed by atoms with Gasteiger partial charge in [-0.15, -0.1) is 0 Å². The molecule has 1 aromatic heterocycles. The molecule has 4 aromatic rings. The van der Waals surface area contributed by atoms with Crippen LogP contribution in [0.4, 0.5) is 0 Å². The zero-order valence-electron chi connectivity index (χ0n) is 21.0. The zero-order chi connectivity index (χ0) is 24.7. The van der Waals surface area contributed by atoms with Crippen molar-refractivity contribution in [2.24, 2.45) is 0 Å². The van der Waals surface area contributed by atoms with Gasteiger partial charge < -0.3 is 19.2 Å². The molecule has 1 aliphatic rings. The second-order valence-electron chi connectivity index (χ2n) is 9.04. The fourth-order valence-electron chi connectivity index (χ4n) is 4.62. The number of aromatic amines is 1. The van der Waals surface area contributed by atoms with Gasteiger partial charge >= 0.3 is 0 Å². The first-order valence-electron chi connectivity index (χ1n) is 12.6. The third kappa shape index (κ3) is 5.55. The average Bonchev–Trinajstić information content (AvgIpc) is 3.40. The van der Waals surface area contributed by atoms with E-state index in [0.29, 0.717) is 6.61 Å². The van der Waals surface area contributed by atoms with Gasteiger partial charge in [-0.1, -0.05) is 6.42 Å². The topological polar surface area (TPSA) is 59.6 Å². The van der Waals surface area contributed by atoms with Crippen molar-refractivity contribution in [3.05, 3.63) is 72.8 Å². The molecule has 3 aromatic carbocycles. The Balaban J connectivity index is 1.37. The van der Waals surface area contributed by atoms with Crippen LogP contribution in [0.15, 0.2) is 72.8 Å². The molecule has 0 saturated carbocycles. The van der Waals surface area contributed by atoms with Gasteiger partial charge in [-0.25, -0.2) is 4.98 Å². The Kier molecular flexibility index (Phi) is 7.52. The maximum atomic E-state index is 6.01. The van der Waals surface area contributed by atoms with Crippen LogP contribution in [0, 0.1) is 0 Å². The van der Waals surface area contributed by atoms with E-state index in [9.17, 15) is 0 Å². The van der Waals surface area contributed by atoms with Crippen LogP contribution in [-0.2, 0) is 0 Å². The van der Waals surface area contributed by atoms with Crippen molar-refractivity contribution in [2.45, 2.75) is 19.3 Å². The Morgan fingerprint density at radius 2 is 1.25 bits per heavy atom. The lowest BCUT2D eigenvalue weighted by atomic mass is 10.0. The molecule has 0 atom stereocenters. The first-order chi connectivity index (χ1) is 17.7. The van der Waals surface area contributed by atoms with E-state index in [1.165, 1.54) is 32.4 Å². The monoisotopic (exact) mass is 483 g/mol. The van der Waals surface area contributed by atoms with Gasteiger partial charge in [0, 0.05) is 23.2 Å². The minimum Gasteiger partial charge on any atom is -0.497 e. The van der Waals surface area contributed by atoms with E-state index in [0.717, 1.165) is 57.7 Å². The van der Waals surface area contributed by atoms with E-state index in [4.69, 9.17) is 19.2 Å². The molecular formula is C30H33N3O3. The van der Waals surface area contributed by atoms with Gasteiger partial charge in [-0.2, -0.15) is 0 Å². The number of ether oxygens (including phenoxy) is 3. The van der Waals surface area contributed by atoms with E-state index in [1.54, 1.807) is 14.2 Å². The van der Waals surface area contributed by atoms with Crippen molar-refractivity contribution in [1.82, 2.24) is 14.9 Å². The standard InChI is InChI=1S/C30H33N3O3/c1-34-25-12-6-22(7-13-25)28-29(23-8-14-26(35-2)15-9-23)32-30(31-28)24-10-16-27(17-11-24)36-21-20-33-18-4-3-5-19-33/h6-17H,3-5,18-21H2,1-2H3,(H,31,32). The van der Waals surface area contributed by atoms with E-state index >= 15 is 0 Å². The predicted molar refractivity (Wildman–Crippen MR) is 144 cm³/mol. The quantitative estimate of drug-likeness (QED) is 0.303. The molecule has 0 radical (unpaired) electrons. The summed E-state index contributed by atoms with van der Waals surface area (Å²) < 4.78 is 16.7. The van der Waals surface area contributed by atoms with Crippen molar-refractivity contribution < 1.29 is 14.2 Å². The number of piperidine rings is 1. The Morgan fingerprint density at radius 1 is 0.694 bits per heavy atom. The van der Waals surface area contributed by atoms with Gasteiger partial charge in [-0.3, -0.25) is 4.90 Å². The summed E-state index contributed by atoms with van der Waals surface area (Å²) in [5.41, 5.74) is 4.91. The average molecular weight is 484 g/mol. The molecule has 0 amide bonds. The van der Waals surface area contributed by atoms with Crippen LogP contribution in [0.2, 0.25) is 0 Å². The predicted octanol–water partition coefficient (Wildman–Crippen LogP) is 6.29. The molecule has 6 heteroatoms. The van der Waals surface area contributed by atoms with Crippen molar-refractivity contribution in [3.63, 3.8) is 0 Å². The SMILES string of the molecule is COc1ccc(-c2nc(-c3ccc(OCCN4CCCCC4)cc3)[nH]c2-c2ccc(OC)cc2)cc1. The highest BCUT2D eigenvalue weighted by Crippen LogP contribution is 2.34. The highest BCUT2D eigenvalue weighted by molar-refractivity contribution is 5.81. The van der Waals surface area contributed by atoms with E-state index in [1.807, 2.05) is 60.7 Å². The number of methoxy groups -OCH3 is 2. The fraction of sp³-hybridized carbons (Fsp3) is 0.300. The molecule has 1 saturated heterocycles. The summed E-state index contributed by atoms with van der Waals surface area (Å²) in [5, 5.41) is 0. The number of aromatic nitrogens is 2. The van der Waals surface area contributed by atoms with Crippen molar-refractivity contribution in [3.8, 4) is 51.2 Å². The van der Waals surface area contributed by atoms with Crippen LogP contribution in [0.1, 0.15) is 19.3 Å². The Hall–Kier alpha value is -3.77. The highest BCUT2D eigenvalue weighted by Gasteiger charge is 2.16. The lowest BCUT2D eigenvalue weighted by Crippen LogP contribution is -2.33. The fourth-order valence-corrected chi connectivity index (χ4v) is 4.62. The summed E-state index contributed by atoms with van der Waals surface area (Å²) in [6.45, 7) is 4.07. The minimum atomic E-state index is 0.712. The number of hydrogen-bond acceptors (Lipinski definition) is 5. The van der Waals surface area contributed by atoms with E-state index in [2.05, 4.69) is 22.0 Å². The second kappa shape index (κ2) is 11.3. The van der Waals surface area contributed by atoms with Crippen molar-refractivity contribution in [1.29, 1.82) is 0 Å². The normalized spacial score (nSPS) is 13.9. The van der Waals surface area contributed by atoms with Crippen LogP contribution in [0.5, 0.6) is 17.2 Å². The summed E-state index contributed by atoms with van der Waals surface area (Å²) in [6.07, 6.45) is 3.95. The Bertz CT molecular complexity index is 1180. The van der Waals surface area contributed by atoms with Crippen LogP contribution >= 0.6 is 0 Å². The smallest absolute Gasteiger partial charge is 0.138 e. The van der Waals surface area contributed by atoms with Gasteiger partial charge in [0.15, 0.2) is 0 Å². The van der Waals surface area contributed by atoms with Crippen molar-refractivity contribution >= 4 is 0 Å². The molecule has 6 nitrogen and oxygen atoms in total. The number of nitrogens with one attached hydrogen (secondary N) is 1. The molecule has 0 bridgehead atoms. The van der Waals surface area contributed by atoms with Crippen LogP contribution < -0.4 is 14.2 Å². The number of hydrogen-bond donors (Lipinski definition) is 1. The second-order valence-corrected chi connectivity index (χ2v) is 9.04. The summed E-state index contributed by atoms with van der Waals surface area (Å²) in [4.78, 5) is 11.0. The number of likely N-dealkylation sites (tertiary alicyclic amines) is 1. The molecule has 1 N–H and O–H groups in total. The molecule has 5 rings (SSSR count). The number of rotatable bonds is 9. The first-order valence-corrected chi connectivity index (χ1v) is 12.6. The van der Waals surface area contributed by atoms with Crippen LogP contribution in [-0.4, -0.2) is 55.3 Å². The number of nitrogens with zero attached hydrogens (tertiary/aromatic N) is 2. The zero-order valence-corrected chi connectivity index (χ0v) is 21.0. The van der Waals surface area contributed by atoms with Gasteiger partial charge in [-0.05, 0) is 98.7 Å². The Morgan fingerprint density at radius 3 is 1.86 bits per heavy atom. The summed E-state index contributed by atoms with van der Waals surface area (Å²) >= 11 is 0. The van der Waals surface area contributed by atoms with E-state index in [-0.39, 0.29) is 0 Å². The van der Waals surface area contributed by atoms with Gasteiger partial charge in [0.1, 0.15) is 29.7 Å².